The van der Waals surface area contributed by atoms with Gasteiger partial charge in [0.2, 0.25) is 0 Å². The van der Waals surface area contributed by atoms with Crippen molar-refractivity contribution in [1.82, 2.24) is 10.6 Å². The minimum atomic E-state index is 0.343. The Kier molecular flexibility index (Phi) is 60.6. The lowest BCUT2D eigenvalue weighted by molar-refractivity contribution is 0.162. The van der Waals surface area contributed by atoms with Gasteiger partial charge in [0.1, 0.15) is 0 Å². The monoisotopic (exact) mass is 767 g/mol. The maximum Gasteiger partial charge on any atom is 0.0461 e. The molecule has 0 heterocycles. The van der Waals surface area contributed by atoms with Gasteiger partial charge in [0, 0.05) is 73.1 Å². The molecule has 7 heteroatoms. The predicted molar refractivity (Wildman–Crippen MR) is 239 cm³/mol. The van der Waals surface area contributed by atoms with Crippen LogP contribution in [-0.2, 0) is 18.9 Å². The van der Waals surface area contributed by atoms with Crippen molar-refractivity contribution in [3.05, 3.63) is 0 Å². The van der Waals surface area contributed by atoms with Gasteiger partial charge in [-0.15, -0.1) is 0 Å². The summed E-state index contributed by atoms with van der Waals surface area (Å²) in [6, 6.07) is 1.49. The number of hydrogen-bond acceptors (Lipinski definition) is 7. The second-order valence-electron chi connectivity index (χ2n) is 16.4. The number of methoxy groups -OCH3 is 3. The molecule has 2 aliphatic carbocycles. The summed E-state index contributed by atoms with van der Waals surface area (Å²) in [6.45, 7) is 44.9. The fraction of sp³-hybridized carbons (Fsp3) is 1.00. The lowest BCUT2D eigenvalue weighted by atomic mass is 9.84. The zero-order valence-corrected chi connectivity index (χ0v) is 40.6. The summed E-state index contributed by atoms with van der Waals surface area (Å²) in [5.74, 6) is 7.57. The number of aliphatic hydroxyl groups excluding tert-OH is 1. The van der Waals surface area contributed by atoms with E-state index >= 15 is 0 Å². The zero-order valence-electron chi connectivity index (χ0n) is 40.6. The van der Waals surface area contributed by atoms with Crippen LogP contribution in [0.2, 0.25) is 0 Å². The first kappa shape index (κ1) is 64.6. The maximum atomic E-state index is 8.95. The third-order valence-corrected chi connectivity index (χ3v) is 8.77. The highest BCUT2D eigenvalue weighted by atomic mass is 16.5. The molecule has 0 aromatic carbocycles. The molecular formula is C46H106N2O5. The Morgan fingerprint density at radius 2 is 1.08 bits per heavy atom. The molecule has 0 bridgehead atoms. The molecule has 2 fully saturated rings. The third-order valence-electron chi connectivity index (χ3n) is 8.77. The van der Waals surface area contributed by atoms with Gasteiger partial charge in [0.25, 0.3) is 0 Å². The molecule has 0 spiro atoms. The van der Waals surface area contributed by atoms with Crippen LogP contribution in [-0.4, -0.2) is 91.8 Å². The Hall–Kier alpha value is -0.280. The van der Waals surface area contributed by atoms with Gasteiger partial charge in [0.05, 0.1) is 0 Å². The number of nitrogens with one attached hydrogen (secondary N) is 2. The van der Waals surface area contributed by atoms with Crippen molar-refractivity contribution >= 4 is 0 Å². The minimum absolute atomic E-state index is 0.343. The van der Waals surface area contributed by atoms with Crippen molar-refractivity contribution in [2.75, 3.05) is 74.6 Å². The van der Waals surface area contributed by atoms with Crippen LogP contribution in [0.1, 0.15) is 163 Å². The SMILES string of the molecule is CC(C)CC(C(C)C)C1CC1.CC(C)CC(CO)C(C)C.CC(C)NC1CC1C(C)C.CCCOC.CCNC.CCOC.CCOC.CCOCC. The summed E-state index contributed by atoms with van der Waals surface area (Å²) in [5, 5.41) is 15.4. The van der Waals surface area contributed by atoms with Crippen molar-refractivity contribution in [2.24, 2.45) is 53.3 Å². The predicted octanol–water partition coefficient (Wildman–Crippen LogP) is 11.7. The Morgan fingerprint density at radius 1 is 0.642 bits per heavy atom. The second-order valence-corrected chi connectivity index (χ2v) is 16.4. The molecule has 0 saturated heterocycles. The molecular weight excluding hydrogens is 661 g/mol. The van der Waals surface area contributed by atoms with Gasteiger partial charge in [0.15, 0.2) is 0 Å². The fourth-order valence-electron chi connectivity index (χ4n) is 5.22. The van der Waals surface area contributed by atoms with Crippen LogP contribution in [0.5, 0.6) is 0 Å². The van der Waals surface area contributed by atoms with Gasteiger partial charge in [-0.2, -0.15) is 0 Å². The van der Waals surface area contributed by atoms with E-state index in [9.17, 15) is 0 Å². The van der Waals surface area contributed by atoms with Gasteiger partial charge in [-0.3, -0.25) is 0 Å². The molecule has 3 N–H and O–H groups in total. The van der Waals surface area contributed by atoms with Crippen molar-refractivity contribution in [1.29, 1.82) is 0 Å². The number of rotatable bonds is 18. The Bertz CT molecular complexity index is 585. The van der Waals surface area contributed by atoms with E-state index in [4.69, 9.17) is 14.6 Å². The van der Waals surface area contributed by atoms with Crippen LogP contribution < -0.4 is 10.6 Å². The average Bonchev–Trinajstić information content (AvgIpc) is 4.04. The molecule has 2 saturated carbocycles. The molecule has 7 nitrogen and oxygen atoms in total. The summed E-state index contributed by atoms with van der Waals surface area (Å²) in [6.07, 6.45) is 8.13. The highest BCUT2D eigenvalue weighted by Gasteiger charge is 2.39. The average molecular weight is 767 g/mol. The quantitative estimate of drug-likeness (QED) is 0.128. The summed E-state index contributed by atoms with van der Waals surface area (Å²) in [4.78, 5) is 0. The van der Waals surface area contributed by atoms with E-state index in [0.29, 0.717) is 30.4 Å². The van der Waals surface area contributed by atoms with Gasteiger partial charge in [-0.25, -0.2) is 0 Å². The van der Waals surface area contributed by atoms with Crippen LogP contribution in [0, 0.1) is 53.3 Å². The topological polar surface area (TPSA) is 81.2 Å². The summed E-state index contributed by atoms with van der Waals surface area (Å²) in [5.41, 5.74) is 0. The first-order chi connectivity index (χ1) is 24.9. The van der Waals surface area contributed by atoms with Gasteiger partial charge >= 0.3 is 0 Å². The normalized spacial score (nSPS) is 16.5. The molecule has 53 heavy (non-hydrogen) atoms. The van der Waals surface area contributed by atoms with E-state index in [1.54, 1.807) is 21.3 Å². The molecule has 4 atom stereocenters. The fourth-order valence-corrected chi connectivity index (χ4v) is 5.22. The molecule has 330 valence electrons. The zero-order chi connectivity index (χ0) is 42.8. The second kappa shape index (κ2) is 49.7. The number of hydrogen-bond donors (Lipinski definition) is 3. The first-order valence-corrected chi connectivity index (χ1v) is 21.9. The Morgan fingerprint density at radius 3 is 1.21 bits per heavy atom. The van der Waals surface area contributed by atoms with Crippen LogP contribution in [0.4, 0.5) is 0 Å². The van der Waals surface area contributed by atoms with Crippen molar-refractivity contribution in [3.8, 4) is 0 Å². The number of ether oxygens (including phenoxy) is 4. The van der Waals surface area contributed by atoms with E-state index in [0.717, 1.165) is 94.0 Å². The lowest BCUT2D eigenvalue weighted by Crippen LogP contribution is -2.26. The highest BCUT2D eigenvalue weighted by Crippen LogP contribution is 2.43. The van der Waals surface area contributed by atoms with Crippen molar-refractivity contribution < 1.29 is 24.1 Å². The van der Waals surface area contributed by atoms with E-state index in [2.05, 4.69) is 117 Å². The number of aliphatic hydroxyl groups is 1. The Labute approximate surface area is 337 Å². The van der Waals surface area contributed by atoms with Crippen molar-refractivity contribution in [3.63, 3.8) is 0 Å². The van der Waals surface area contributed by atoms with Gasteiger partial charge in [-0.05, 0) is 133 Å². The van der Waals surface area contributed by atoms with E-state index in [-0.39, 0.29) is 0 Å². The largest absolute Gasteiger partial charge is 0.396 e. The van der Waals surface area contributed by atoms with Gasteiger partial charge in [-0.1, -0.05) is 96.9 Å². The van der Waals surface area contributed by atoms with E-state index in [1.807, 2.05) is 34.7 Å². The summed E-state index contributed by atoms with van der Waals surface area (Å²) in [7, 11) is 7.00. The first-order valence-electron chi connectivity index (χ1n) is 21.9. The lowest BCUT2D eigenvalue weighted by Gasteiger charge is -2.22. The molecule has 2 aliphatic rings. The van der Waals surface area contributed by atoms with Gasteiger partial charge < -0.3 is 34.7 Å². The summed E-state index contributed by atoms with van der Waals surface area (Å²) >= 11 is 0. The maximum absolute atomic E-state index is 8.95. The Balaban J connectivity index is -0.000000124. The molecule has 0 amide bonds. The van der Waals surface area contributed by atoms with E-state index in [1.165, 1.54) is 25.7 Å². The summed E-state index contributed by atoms with van der Waals surface area (Å²) < 4.78 is 18.6. The third kappa shape index (κ3) is 61.2. The molecule has 0 aromatic heterocycles. The van der Waals surface area contributed by atoms with Crippen LogP contribution in [0.3, 0.4) is 0 Å². The molecule has 4 unspecified atom stereocenters. The molecule has 0 aromatic rings. The van der Waals surface area contributed by atoms with E-state index < -0.39 is 0 Å². The van der Waals surface area contributed by atoms with Crippen LogP contribution >= 0.6 is 0 Å². The standard InChI is InChI=1S/C11H22.C9H19N.C9H20O.2C4H10O.C3H9N.2C3H8O/c1-8(2)7-11(9(3)4)10-5-6-10;1-6(2)8-5-9(8)10-7(3)4;1-7(2)5-9(6-10)8(3)4;1-3-4-5-2;1-3-5-4-2;3*1-3-4-2/h8-11H,5-7H2,1-4H3;6-10H,5H2,1-4H3;7-10H,5-6H2,1-4H3;2*3-4H2,1-2H3;4H,3H2,1-2H3;2*3H2,1-2H3. The highest BCUT2D eigenvalue weighted by molar-refractivity contribution is 4.95. The molecule has 2 rings (SSSR count). The minimum Gasteiger partial charge on any atom is -0.396 e. The van der Waals surface area contributed by atoms with Crippen LogP contribution in [0.25, 0.3) is 0 Å². The molecule has 0 radical (unpaired) electrons. The van der Waals surface area contributed by atoms with Crippen molar-refractivity contribution in [2.45, 2.75) is 175 Å². The molecule has 0 aliphatic heterocycles. The van der Waals surface area contributed by atoms with Crippen LogP contribution in [0.15, 0.2) is 0 Å². The smallest absolute Gasteiger partial charge is 0.0461 e.